The van der Waals surface area contributed by atoms with Crippen molar-refractivity contribution in [3.8, 4) is 0 Å². The first-order valence-electron chi connectivity index (χ1n) is 10.0. The first kappa shape index (κ1) is 20.8. The third kappa shape index (κ3) is 6.02. The summed E-state index contributed by atoms with van der Waals surface area (Å²) in [5.41, 5.74) is 7.29. The first-order valence-corrected chi connectivity index (χ1v) is 10.4. The van der Waals surface area contributed by atoms with Crippen LogP contribution in [0.2, 0.25) is 0 Å². The lowest BCUT2D eigenvalue weighted by Crippen LogP contribution is -2.45. The van der Waals surface area contributed by atoms with Crippen molar-refractivity contribution in [1.29, 1.82) is 0 Å². The maximum atomic E-state index is 10.6. The number of carboxylic acids is 1. The zero-order chi connectivity index (χ0) is 19.8. The molecule has 0 radical (unpaired) electrons. The summed E-state index contributed by atoms with van der Waals surface area (Å²) in [6.45, 7) is 0.801. The molecule has 0 unspecified atom stereocenters. The van der Waals surface area contributed by atoms with Crippen molar-refractivity contribution in [1.82, 2.24) is 10.9 Å². The fraction of sp³-hybridized carbons (Fsp3) is 0.524. The highest BCUT2D eigenvalue weighted by atomic mass is 32.1. The highest BCUT2D eigenvalue weighted by molar-refractivity contribution is 7.80. The standard InChI is InChI=1S/C21H29N3O3S/c25-20(26)11-7-2-1-6-10-16-17(19-13-12-18(16)27-19)14-22-24-21(28)23-15-8-4-3-5-9-15/h1,3-6,8-9,16-19,22H,2,7,10-14H2,(H,25,26)(H2,23,24,28)/b6-1-/t16-,17-,18-,19+/m1/s1. The van der Waals surface area contributed by atoms with E-state index in [0.717, 1.165) is 37.9 Å². The van der Waals surface area contributed by atoms with Crippen LogP contribution in [0, 0.1) is 11.8 Å². The Morgan fingerprint density at radius 3 is 2.68 bits per heavy atom. The number of rotatable bonds is 10. The monoisotopic (exact) mass is 403 g/mol. The lowest BCUT2D eigenvalue weighted by Gasteiger charge is -2.27. The second-order valence-corrected chi connectivity index (χ2v) is 7.85. The van der Waals surface area contributed by atoms with Crippen LogP contribution in [0.1, 0.15) is 38.5 Å². The number of hydrogen-bond acceptors (Lipinski definition) is 4. The van der Waals surface area contributed by atoms with Gasteiger partial charge in [0.05, 0.1) is 12.2 Å². The highest BCUT2D eigenvalue weighted by Gasteiger charge is 2.47. The lowest BCUT2D eigenvalue weighted by atomic mass is 9.77. The van der Waals surface area contributed by atoms with Crippen molar-refractivity contribution in [2.24, 2.45) is 11.8 Å². The number of fused-ring (bicyclic) bond motifs is 2. The predicted octanol–water partition coefficient (Wildman–Crippen LogP) is 3.47. The Labute approximate surface area is 171 Å². The van der Waals surface area contributed by atoms with Crippen LogP contribution in [-0.2, 0) is 9.53 Å². The zero-order valence-electron chi connectivity index (χ0n) is 16.0. The van der Waals surface area contributed by atoms with Crippen LogP contribution in [0.3, 0.4) is 0 Å². The second-order valence-electron chi connectivity index (χ2n) is 7.44. The molecule has 0 saturated carbocycles. The van der Waals surface area contributed by atoms with Crippen molar-refractivity contribution in [3.63, 3.8) is 0 Å². The van der Waals surface area contributed by atoms with E-state index in [2.05, 4.69) is 28.3 Å². The number of carbonyl (C=O) groups is 1. The minimum Gasteiger partial charge on any atom is -0.481 e. The van der Waals surface area contributed by atoms with Crippen LogP contribution in [0.25, 0.3) is 0 Å². The molecule has 1 aromatic rings. The molecule has 3 rings (SSSR count). The molecular formula is C21H29N3O3S. The molecule has 28 heavy (non-hydrogen) atoms. The van der Waals surface area contributed by atoms with Gasteiger partial charge in [-0.15, -0.1) is 0 Å². The molecule has 7 heteroatoms. The van der Waals surface area contributed by atoms with E-state index in [1.165, 1.54) is 0 Å². The number of hydrogen-bond donors (Lipinski definition) is 4. The largest absolute Gasteiger partial charge is 0.481 e. The molecule has 1 aromatic carbocycles. The predicted molar refractivity (Wildman–Crippen MR) is 114 cm³/mol. The van der Waals surface area contributed by atoms with Gasteiger partial charge in [0.2, 0.25) is 0 Å². The number of thiocarbonyl (C=S) groups is 1. The number of allylic oxidation sites excluding steroid dienone is 2. The third-order valence-electron chi connectivity index (χ3n) is 5.50. The molecule has 4 atom stereocenters. The summed E-state index contributed by atoms with van der Waals surface area (Å²) in [6, 6.07) is 9.83. The molecule has 2 aliphatic rings. The summed E-state index contributed by atoms with van der Waals surface area (Å²) in [6.07, 6.45) is 9.95. The van der Waals surface area contributed by atoms with Gasteiger partial charge >= 0.3 is 5.97 Å². The van der Waals surface area contributed by atoms with E-state index in [1.54, 1.807) is 0 Å². The number of para-hydroxylation sites is 1. The van der Waals surface area contributed by atoms with Gasteiger partial charge in [0.15, 0.2) is 5.11 Å². The molecule has 2 aliphatic heterocycles. The van der Waals surface area contributed by atoms with Gasteiger partial charge in [0.1, 0.15) is 0 Å². The summed E-state index contributed by atoms with van der Waals surface area (Å²) in [7, 11) is 0. The Bertz CT molecular complexity index is 683. The van der Waals surface area contributed by atoms with Crippen LogP contribution in [-0.4, -0.2) is 34.9 Å². The fourth-order valence-electron chi connectivity index (χ4n) is 4.16. The summed E-state index contributed by atoms with van der Waals surface area (Å²) in [5.74, 6) is 0.224. The number of benzene rings is 1. The van der Waals surface area contributed by atoms with Crippen molar-refractivity contribution in [2.45, 2.75) is 50.7 Å². The molecular weight excluding hydrogens is 374 g/mol. The first-order chi connectivity index (χ1) is 13.6. The smallest absolute Gasteiger partial charge is 0.303 e. The van der Waals surface area contributed by atoms with Crippen LogP contribution in [0.15, 0.2) is 42.5 Å². The molecule has 2 heterocycles. The SMILES string of the molecule is O=C(O)CCC/C=C\C[C@@H]1[C@@H](CNNC(=S)Nc2ccccc2)[C@@H]2CC[C@H]1O2. The maximum Gasteiger partial charge on any atom is 0.303 e. The molecule has 2 saturated heterocycles. The summed E-state index contributed by atoms with van der Waals surface area (Å²) in [4.78, 5) is 10.6. The van der Waals surface area contributed by atoms with E-state index < -0.39 is 5.97 Å². The summed E-state index contributed by atoms with van der Waals surface area (Å²) in [5, 5.41) is 12.4. The average Bonchev–Trinajstić information content (AvgIpc) is 3.27. The minimum atomic E-state index is -0.729. The third-order valence-corrected chi connectivity index (χ3v) is 5.70. The molecule has 152 valence electrons. The van der Waals surface area contributed by atoms with Crippen molar-refractivity contribution in [2.75, 3.05) is 11.9 Å². The number of ether oxygens (including phenoxy) is 1. The van der Waals surface area contributed by atoms with Gasteiger partial charge in [-0.3, -0.25) is 10.2 Å². The topological polar surface area (TPSA) is 82.6 Å². The summed E-state index contributed by atoms with van der Waals surface area (Å²) < 4.78 is 6.13. The number of aliphatic carboxylic acids is 1. The Kier molecular flexibility index (Phi) is 7.82. The number of nitrogens with one attached hydrogen (secondary N) is 3. The van der Waals surface area contributed by atoms with Crippen LogP contribution in [0.5, 0.6) is 0 Å². The van der Waals surface area contributed by atoms with Gasteiger partial charge in [-0.05, 0) is 62.4 Å². The van der Waals surface area contributed by atoms with E-state index >= 15 is 0 Å². The van der Waals surface area contributed by atoms with Gasteiger partial charge in [-0.25, -0.2) is 5.43 Å². The Hall–Kier alpha value is -1.96. The lowest BCUT2D eigenvalue weighted by molar-refractivity contribution is -0.137. The van der Waals surface area contributed by atoms with Crippen LogP contribution in [0.4, 0.5) is 5.69 Å². The fourth-order valence-corrected chi connectivity index (χ4v) is 4.35. The number of unbranched alkanes of at least 4 members (excludes halogenated alkanes) is 1. The molecule has 2 fully saturated rings. The summed E-state index contributed by atoms with van der Waals surface area (Å²) >= 11 is 5.33. The van der Waals surface area contributed by atoms with E-state index in [9.17, 15) is 4.79 Å². The normalized spacial score (nSPS) is 25.9. The van der Waals surface area contributed by atoms with Gasteiger partial charge in [-0.1, -0.05) is 30.4 Å². The number of hydrazine groups is 1. The molecule has 6 nitrogen and oxygen atoms in total. The van der Waals surface area contributed by atoms with Crippen LogP contribution >= 0.6 is 12.2 Å². The van der Waals surface area contributed by atoms with Crippen molar-refractivity contribution < 1.29 is 14.6 Å². The Morgan fingerprint density at radius 1 is 1.18 bits per heavy atom. The molecule has 2 bridgehead atoms. The van der Waals surface area contributed by atoms with E-state index in [0.29, 0.717) is 35.6 Å². The zero-order valence-corrected chi connectivity index (χ0v) is 16.8. The second kappa shape index (κ2) is 10.5. The minimum absolute atomic E-state index is 0.233. The van der Waals surface area contributed by atoms with Gasteiger partial charge in [0, 0.05) is 24.6 Å². The maximum absolute atomic E-state index is 10.6. The number of anilines is 1. The average molecular weight is 404 g/mol. The quantitative estimate of drug-likeness (QED) is 0.206. The Morgan fingerprint density at radius 2 is 1.93 bits per heavy atom. The molecule has 4 N–H and O–H groups in total. The van der Waals surface area contributed by atoms with Gasteiger partial charge in [0.25, 0.3) is 0 Å². The molecule has 0 spiro atoms. The van der Waals surface area contributed by atoms with Crippen molar-refractivity contribution in [3.05, 3.63) is 42.5 Å². The van der Waals surface area contributed by atoms with E-state index in [1.807, 2.05) is 30.3 Å². The van der Waals surface area contributed by atoms with Gasteiger partial charge < -0.3 is 15.2 Å². The van der Waals surface area contributed by atoms with Crippen LogP contribution < -0.4 is 16.2 Å². The van der Waals surface area contributed by atoms with Gasteiger partial charge in [-0.2, -0.15) is 0 Å². The Balaban J connectivity index is 1.40. The molecule has 0 aliphatic carbocycles. The number of carboxylic acid groups (broad SMARTS) is 1. The van der Waals surface area contributed by atoms with E-state index in [-0.39, 0.29) is 6.42 Å². The highest BCUT2D eigenvalue weighted by Crippen LogP contribution is 2.44. The molecule has 0 amide bonds. The molecule has 0 aromatic heterocycles. The van der Waals surface area contributed by atoms with E-state index in [4.69, 9.17) is 22.1 Å². The van der Waals surface area contributed by atoms with Crippen molar-refractivity contribution >= 4 is 29.0 Å².